The molecular weight excluding hydrogens is 292 g/mol. The van der Waals surface area contributed by atoms with Crippen LogP contribution in [0, 0.1) is 0 Å². The second kappa shape index (κ2) is 7.03. The Bertz CT molecular complexity index is 675. The summed E-state index contributed by atoms with van der Waals surface area (Å²) in [6.07, 6.45) is 0.699. The van der Waals surface area contributed by atoms with Gasteiger partial charge in [0.15, 0.2) is 5.69 Å². The second-order valence-electron chi connectivity index (χ2n) is 4.18. The van der Waals surface area contributed by atoms with Gasteiger partial charge in [0.25, 0.3) is 0 Å². The zero-order valence-electron chi connectivity index (χ0n) is 11.4. The third kappa shape index (κ3) is 3.91. The summed E-state index contributed by atoms with van der Waals surface area (Å²) >= 11 is 0.958. The van der Waals surface area contributed by atoms with Crippen LogP contribution in [-0.2, 0) is 9.53 Å². The van der Waals surface area contributed by atoms with E-state index in [4.69, 9.17) is 9.84 Å². The Kier molecular flexibility index (Phi) is 5.10. The van der Waals surface area contributed by atoms with Crippen LogP contribution in [-0.4, -0.2) is 39.4 Å². The summed E-state index contributed by atoms with van der Waals surface area (Å²) in [7, 11) is 0. The van der Waals surface area contributed by atoms with Crippen molar-refractivity contribution in [1.29, 1.82) is 0 Å². The molecule has 0 unspecified atom stereocenters. The smallest absolute Gasteiger partial charge is 0.359 e. The highest BCUT2D eigenvalue weighted by Gasteiger charge is 2.19. The monoisotopic (exact) mass is 306 g/mol. The van der Waals surface area contributed by atoms with E-state index in [0.717, 1.165) is 11.8 Å². The number of hydrogen-bond donors (Lipinski definition) is 1. The third-order valence-electron chi connectivity index (χ3n) is 2.50. The zero-order valence-corrected chi connectivity index (χ0v) is 12.2. The van der Waals surface area contributed by atoms with E-state index in [1.165, 1.54) is 0 Å². The van der Waals surface area contributed by atoms with Gasteiger partial charge in [0.2, 0.25) is 0 Å². The van der Waals surface area contributed by atoms with Crippen molar-refractivity contribution < 1.29 is 19.4 Å². The summed E-state index contributed by atoms with van der Waals surface area (Å²) in [5.74, 6) is -1.76. The maximum absolute atomic E-state index is 12.0. The molecule has 0 atom stereocenters. The largest absolute Gasteiger partial charge is 0.481 e. The normalized spacial score (nSPS) is 10.5. The molecule has 1 heterocycles. The van der Waals surface area contributed by atoms with Crippen LogP contribution in [0.2, 0.25) is 0 Å². The molecule has 6 nitrogen and oxygen atoms in total. The minimum atomic E-state index is -0.983. The number of aromatic nitrogens is 2. The maximum Gasteiger partial charge on any atom is 0.359 e. The topological polar surface area (TPSA) is 89.4 Å². The summed E-state index contributed by atoms with van der Waals surface area (Å²) in [5, 5.41) is 9.05. The van der Waals surface area contributed by atoms with Gasteiger partial charge in [0, 0.05) is 0 Å². The van der Waals surface area contributed by atoms with E-state index >= 15 is 0 Å². The Hall–Kier alpha value is -2.15. The van der Waals surface area contributed by atoms with E-state index in [1.807, 2.05) is 6.92 Å². The van der Waals surface area contributed by atoms with Crippen molar-refractivity contribution in [3.63, 3.8) is 0 Å². The summed E-state index contributed by atoms with van der Waals surface area (Å²) in [4.78, 5) is 31.3. The number of rotatable bonds is 6. The molecule has 1 aromatic heterocycles. The Labute approximate surface area is 125 Å². The highest BCUT2D eigenvalue weighted by atomic mass is 32.2. The van der Waals surface area contributed by atoms with E-state index in [-0.39, 0.29) is 23.1 Å². The molecule has 0 radical (unpaired) electrons. The first-order valence-electron chi connectivity index (χ1n) is 6.40. The lowest BCUT2D eigenvalue weighted by molar-refractivity contribution is -0.133. The predicted molar refractivity (Wildman–Crippen MR) is 78.5 cm³/mol. The fourth-order valence-electron chi connectivity index (χ4n) is 1.61. The number of benzene rings is 1. The van der Waals surface area contributed by atoms with Gasteiger partial charge in [-0.1, -0.05) is 30.8 Å². The van der Waals surface area contributed by atoms with Gasteiger partial charge in [-0.25, -0.2) is 14.8 Å². The summed E-state index contributed by atoms with van der Waals surface area (Å²) in [6, 6.07) is 7.10. The highest BCUT2D eigenvalue weighted by Crippen LogP contribution is 2.23. The second-order valence-corrected chi connectivity index (χ2v) is 5.15. The molecule has 1 aromatic carbocycles. The number of carbonyl (C=O) groups excluding carboxylic acids is 1. The standard InChI is InChI=1S/C14H14N2O4S/c1-2-7-20-14(19)12-13(21-8-11(17)18)16-10-6-4-3-5-9(10)15-12/h3-6H,2,7-8H2,1H3,(H,17,18). The van der Waals surface area contributed by atoms with Gasteiger partial charge >= 0.3 is 11.9 Å². The van der Waals surface area contributed by atoms with E-state index in [2.05, 4.69) is 9.97 Å². The molecule has 0 aliphatic rings. The minimum absolute atomic E-state index is 0.0633. The molecule has 0 fully saturated rings. The van der Waals surface area contributed by atoms with Crippen LogP contribution in [0.4, 0.5) is 0 Å². The summed E-state index contributed by atoms with van der Waals surface area (Å²) in [5.41, 5.74) is 1.24. The van der Waals surface area contributed by atoms with Crippen molar-refractivity contribution in [3.05, 3.63) is 30.0 Å². The predicted octanol–water partition coefficient (Wildman–Crippen LogP) is 2.37. The maximum atomic E-state index is 12.0. The number of carboxylic acids is 1. The van der Waals surface area contributed by atoms with Gasteiger partial charge in [0.1, 0.15) is 5.03 Å². The van der Waals surface area contributed by atoms with Crippen LogP contribution in [0.25, 0.3) is 11.0 Å². The summed E-state index contributed by atoms with van der Waals surface area (Å²) in [6.45, 7) is 2.18. The third-order valence-corrected chi connectivity index (χ3v) is 3.45. The molecule has 0 saturated heterocycles. The number of fused-ring (bicyclic) bond motifs is 1. The first-order valence-corrected chi connectivity index (χ1v) is 7.39. The van der Waals surface area contributed by atoms with Crippen molar-refractivity contribution in [2.75, 3.05) is 12.4 Å². The first-order chi connectivity index (χ1) is 10.1. The Morgan fingerprint density at radius 1 is 1.24 bits per heavy atom. The number of carbonyl (C=O) groups is 2. The van der Waals surface area contributed by atoms with Crippen LogP contribution in [0.15, 0.2) is 29.3 Å². The number of esters is 1. The number of para-hydroxylation sites is 2. The van der Waals surface area contributed by atoms with Crippen molar-refractivity contribution >= 4 is 34.7 Å². The number of thioether (sulfide) groups is 1. The molecule has 0 amide bonds. The van der Waals surface area contributed by atoms with Crippen LogP contribution >= 0.6 is 11.8 Å². The van der Waals surface area contributed by atoms with Gasteiger partial charge in [-0.2, -0.15) is 0 Å². The van der Waals surface area contributed by atoms with E-state index in [0.29, 0.717) is 17.5 Å². The van der Waals surface area contributed by atoms with E-state index in [9.17, 15) is 9.59 Å². The molecule has 0 aliphatic heterocycles. The number of hydrogen-bond acceptors (Lipinski definition) is 6. The number of carboxylic acid groups (broad SMARTS) is 1. The molecule has 0 saturated carbocycles. The van der Waals surface area contributed by atoms with Crippen molar-refractivity contribution in [2.45, 2.75) is 18.4 Å². The van der Waals surface area contributed by atoms with Crippen molar-refractivity contribution in [1.82, 2.24) is 9.97 Å². The lowest BCUT2D eigenvalue weighted by atomic mass is 10.3. The minimum Gasteiger partial charge on any atom is -0.481 e. The fraction of sp³-hybridized carbons (Fsp3) is 0.286. The molecule has 0 spiro atoms. The lowest BCUT2D eigenvalue weighted by Crippen LogP contribution is -2.12. The van der Waals surface area contributed by atoms with Gasteiger partial charge in [-0.3, -0.25) is 4.79 Å². The Balaban J connectivity index is 2.40. The van der Waals surface area contributed by atoms with Crippen LogP contribution in [0.5, 0.6) is 0 Å². The molecule has 2 rings (SSSR count). The zero-order chi connectivity index (χ0) is 15.2. The number of aliphatic carboxylic acids is 1. The molecule has 110 valence electrons. The SMILES string of the molecule is CCCOC(=O)c1nc2ccccc2nc1SCC(=O)O. The molecule has 2 aromatic rings. The average Bonchev–Trinajstić information content (AvgIpc) is 2.49. The van der Waals surface area contributed by atoms with Crippen LogP contribution in [0.3, 0.4) is 0 Å². The molecule has 7 heteroatoms. The molecule has 0 bridgehead atoms. The van der Waals surface area contributed by atoms with Gasteiger partial charge < -0.3 is 9.84 Å². The average molecular weight is 306 g/mol. The first kappa shape index (κ1) is 15.2. The number of nitrogens with zero attached hydrogens (tertiary/aromatic N) is 2. The van der Waals surface area contributed by atoms with Crippen LogP contribution in [0.1, 0.15) is 23.8 Å². The lowest BCUT2D eigenvalue weighted by Gasteiger charge is -2.08. The highest BCUT2D eigenvalue weighted by molar-refractivity contribution is 7.99. The van der Waals surface area contributed by atoms with Gasteiger partial charge in [0.05, 0.1) is 23.4 Å². The van der Waals surface area contributed by atoms with Crippen molar-refractivity contribution in [2.24, 2.45) is 0 Å². The van der Waals surface area contributed by atoms with Gasteiger partial charge in [-0.05, 0) is 18.6 Å². The van der Waals surface area contributed by atoms with E-state index < -0.39 is 11.9 Å². The molecule has 21 heavy (non-hydrogen) atoms. The molecule has 0 aliphatic carbocycles. The molecule has 1 N–H and O–H groups in total. The van der Waals surface area contributed by atoms with Crippen molar-refractivity contribution in [3.8, 4) is 0 Å². The van der Waals surface area contributed by atoms with E-state index in [1.54, 1.807) is 24.3 Å². The Morgan fingerprint density at radius 3 is 2.52 bits per heavy atom. The number of ether oxygens (including phenoxy) is 1. The summed E-state index contributed by atoms with van der Waals surface area (Å²) < 4.78 is 5.07. The molecular formula is C14H14N2O4S. The van der Waals surface area contributed by atoms with Gasteiger partial charge in [-0.15, -0.1) is 0 Å². The Morgan fingerprint density at radius 2 is 1.90 bits per heavy atom. The van der Waals surface area contributed by atoms with Crippen LogP contribution < -0.4 is 0 Å². The fourth-order valence-corrected chi connectivity index (χ4v) is 2.30. The quantitative estimate of drug-likeness (QED) is 0.647.